The summed E-state index contributed by atoms with van der Waals surface area (Å²) in [6, 6.07) is 12.1. The van der Waals surface area contributed by atoms with Crippen molar-refractivity contribution in [1.29, 1.82) is 0 Å². The molecule has 3 aromatic rings. The fourth-order valence-electron chi connectivity index (χ4n) is 3.99. The number of ether oxygens (including phenoxy) is 3. The van der Waals surface area contributed by atoms with Gasteiger partial charge in [0.2, 0.25) is 5.95 Å². The number of anilines is 1. The molecule has 1 unspecified atom stereocenters. The van der Waals surface area contributed by atoms with Crippen molar-refractivity contribution >= 4 is 11.6 Å². The van der Waals surface area contributed by atoms with Gasteiger partial charge in [-0.15, -0.1) is 0 Å². The monoisotopic (exact) mass is 390 g/mol. The van der Waals surface area contributed by atoms with Crippen LogP contribution in [0.5, 0.6) is 17.2 Å². The van der Waals surface area contributed by atoms with E-state index in [0.717, 1.165) is 33.9 Å². The molecule has 5 rings (SSSR count). The summed E-state index contributed by atoms with van der Waals surface area (Å²) in [6.45, 7) is 5.08. The third-order valence-electron chi connectivity index (χ3n) is 5.30. The van der Waals surface area contributed by atoms with Crippen molar-refractivity contribution in [2.75, 3.05) is 25.6 Å². The summed E-state index contributed by atoms with van der Waals surface area (Å²) in [7, 11) is 1.65. The van der Waals surface area contributed by atoms with E-state index < -0.39 is 0 Å². The molecule has 3 heterocycles. The van der Waals surface area contributed by atoms with Gasteiger partial charge in [-0.2, -0.15) is 10.1 Å². The van der Waals surface area contributed by atoms with Crippen LogP contribution in [0.2, 0.25) is 0 Å². The summed E-state index contributed by atoms with van der Waals surface area (Å²) in [5.74, 6) is 3.00. The van der Waals surface area contributed by atoms with Gasteiger partial charge in [0, 0.05) is 11.1 Å². The second-order valence-electron chi connectivity index (χ2n) is 7.09. The molecule has 1 aromatic heterocycles. The highest BCUT2D eigenvalue weighted by atomic mass is 16.5. The van der Waals surface area contributed by atoms with Crippen molar-refractivity contribution < 1.29 is 14.2 Å². The number of methoxy groups -OCH3 is 1. The van der Waals surface area contributed by atoms with E-state index in [-0.39, 0.29) is 6.04 Å². The summed E-state index contributed by atoms with van der Waals surface area (Å²) >= 11 is 0. The molecule has 0 aliphatic carbocycles. The van der Waals surface area contributed by atoms with Gasteiger partial charge in [0.15, 0.2) is 11.5 Å². The predicted octanol–water partition coefficient (Wildman–Crippen LogP) is 3.81. The van der Waals surface area contributed by atoms with Gasteiger partial charge in [-0.3, -0.25) is 0 Å². The van der Waals surface area contributed by atoms with Gasteiger partial charge < -0.3 is 19.5 Å². The summed E-state index contributed by atoms with van der Waals surface area (Å²) in [6.07, 6.45) is 1.57. The third-order valence-corrected chi connectivity index (χ3v) is 5.30. The van der Waals surface area contributed by atoms with Crippen LogP contribution in [0.3, 0.4) is 0 Å². The molecule has 1 N–H and O–H groups in total. The van der Waals surface area contributed by atoms with Crippen LogP contribution >= 0.6 is 0 Å². The molecule has 0 spiro atoms. The summed E-state index contributed by atoms with van der Waals surface area (Å²) in [5.41, 5.74) is 5.39. The highest BCUT2D eigenvalue weighted by molar-refractivity contribution is 5.84. The second kappa shape index (κ2) is 6.84. The maximum atomic E-state index is 6.09. The minimum Gasteiger partial charge on any atom is -0.493 e. The van der Waals surface area contributed by atoms with Crippen molar-refractivity contribution in [1.82, 2.24) is 14.8 Å². The van der Waals surface area contributed by atoms with Crippen LogP contribution in [0.25, 0.3) is 5.70 Å². The van der Waals surface area contributed by atoms with Gasteiger partial charge in [0.25, 0.3) is 0 Å². The number of hydrogen-bond donors (Lipinski definition) is 1. The van der Waals surface area contributed by atoms with Crippen molar-refractivity contribution in [2.45, 2.75) is 19.9 Å². The smallest absolute Gasteiger partial charge is 0.226 e. The molecule has 1 atom stereocenters. The number of benzene rings is 2. The Morgan fingerprint density at radius 3 is 2.93 bits per heavy atom. The predicted molar refractivity (Wildman–Crippen MR) is 110 cm³/mol. The van der Waals surface area contributed by atoms with Crippen LogP contribution < -0.4 is 19.5 Å². The molecule has 0 radical (unpaired) electrons. The van der Waals surface area contributed by atoms with Gasteiger partial charge in [0.1, 0.15) is 24.7 Å². The number of nitrogens with zero attached hydrogens (tertiary/aromatic N) is 3. The second-order valence-corrected chi connectivity index (χ2v) is 7.09. The zero-order valence-electron chi connectivity index (χ0n) is 16.6. The first-order valence-corrected chi connectivity index (χ1v) is 9.63. The zero-order valence-corrected chi connectivity index (χ0v) is 16.6. The Bertz CT molecular complexity index is 1120. The third kappa shape index (κ3) is 2.81. The van der Waals surface area contributed by atoms with E-state index in [4.69, 9.17) is 14.2 Å². The topological polar surface area (TPSA) is 70.4 Å². The average molecular weight is 390 g/mol. The molecule has 0 amide bonds. The molecular weight excluding hydrogens is 368 g/mol. The molecule has 2 aromatic carbocycles. The average Bonchev–Trinajstić information content (AvgIpc) is 3.21. The number of aromatic nitrogens is 3. The van der Waals surface area contributed by atoms with Crippen LogP contribution in [0.15, 0.2) is 48.3 Å². The van der Waals surface area contributed by atoms with Crippen molar-refractivity contribution in [3.8, 4) is 17.2 Å². The van der Waals surface area contributed by atoms with E-state index in [0.29, 0.717) is 24.9 Å². The van der Waals surface area contributed by atoms with Gasteiger partial charge in [-0.05, 0) is 43.7 Å². The Labute approximate surface area is 168 Å². The molecule has 7 nitrogen and oxygen atoms in total. The molecule has 7 heteroatoms. The van der Waals surface area contributed by atoms with E-state index in [2.05, 4.69) is 34.5 Å². The van der Waals surface area contributed by atoms with Gasteiger partial charge in [-0.1, -0.05) is 17.7 Å². The number of aryl methyl sites for hydroxylation is 1. The maximum Gasteiger partial charge on any atom is 0.226 e. The molecule has 2 aliphatic heterocycles. The van der Waals surface area contributed by atoms with E-state index in [9.17, 15) is 0 Å². The Morgan fingerprint density at radius 1 is 1.21 bits per heavy atom. The minimum atomic E-state index is -0.151. The maximum absolute atomic E-state index is 6.09. The van der Waals surface area contributed by atoms with Gasteiger partial charge in [-0.25, -0.2) is 4.68 Å². The first kappa shape index (κ1) is 17.6. The van der Waals surface area contributed by atoms with Crippen LogP contribution in [-0.4, -0.2) is 35.1 Å². The van der Waals surface area contributed by atoms with E-state index >= 15 is 0 Å². The van der Waals surface area contributed by atoms with Crippen LogP contribution in [-0.2, 0) is 0 Å². The van der Waals surface area contributed by atoms with Crippen molar-refractivity contribution in [3.05, 3.63) is 65.0 Å². The van der Waals surface area contributed by atoms with E-state index in [1.54, 1.807) is 13.4 Å². The van der Waals surface area contributed by atoms with Gasteiger partial charge >= 0.3 is 0 Å². The number of hydrogen-bond acceptors (Lipinski definition) is 6. The zero-order chi connectivity index (χ0) is 20.0. The highest BCUT2D eigenvalue weighted by Gasteiger charge is 2.35. The lowest BCUT2D eigenvalue weighted by atomic mass is 9.91. The Balaban J connectivity index is 1.68. The standard InChI is InChI=1S/C22H22N4O3/c1-4-28-18-8-6-14(10-19(18)27-3)21-16-11-29-17-7-5-13(2)9-15(17)20(16)25-22-23-12-24-26(21)22/h5-10,12,21H,4,11H2,1-3H3,(H,23,24,25). The molecule has 0 bridgehead atoms. The highest BCUT2D eigenvalue weighted by Crippen LogP contribution is 2.44. The Hall–Kier alpha value is -3.48. The fourth-order valence-corrected chi connectivity index (χ4v) is 3.99. The SMILES string of the molecule is CCOc1ccc(C2C3=C(Nc4ncnn42)c2cc(C)ccc2OC3)cc1OC. The molecule has 0 saturated carbocycles. The van der Waals surface area contributed by atoms with Gasteiger partial charge in [0.05, 0.1) is 19.4 Å². The molecule has 2 aliphatic rings. The molecule has 0 fully saturated rings. The van der Waals surface area contributed by atoms with E-state index in [1.165, 1.54) is 5.56 Å². The van der Waals surface area contributed by atoms with Crippen LogP contribution in [0.4, 0.5) is 5.95 Å². The lowest BCUT2D eigenvalue weighted by Gasteiger charge is -2.34. The number of rotatable bonds is 4. The molecular formula is C22H22N4O3. The summed E-state index contributed by atoms with van der Waals surface area (Å²) in [4.78, 5) is 4.42. The van der Waals surface area contributed by atoms with Crippen molar-refractivity contribution in [3.63, 3.8) is 0 Å². The van der Waals surface area contributed by atoms with Crippen LogP contribution in [0, 0.1) is 6.92 Å². The van der Waals surface area contributed by atoms with E-state index in [1.807, 2.05) is 35.9 Å². The molecule has 29 heavy (non-hydrogen) atoms. The van der Waals surface area contributed by atoms with Crippen molar-refractivity contribution in [2.24, 2.45) is 0 Å². The normalized spacial score (nSPS) is 16.9. The quantitative estimate of drug-likeness (QED) is 0.730. The lowest BCUT2D eigenvalue weighted by molar-refractivity contribution is 0.309. The number of fused-ring (bicyclic) bond motifs is 3. The first-order chi connectivity index (χ1) is 14.2. The minimum absolute atomic E-state index is 0.151. The van der Waals surface area contributed by atoms with Crippen LogP contribution in [0.1, 0.15) is 29.7 Å². The number of nitrogens with one attached hydrogen (secondary N) is 1. The molecule has 148 valence electrons. The summed E-state index contributed by atoms with van der Waals surface area (Å²) < 4.78 is 19.2. The lowest BCUT2D eigenvalue weighted by Crippen LogP contribution is -2.30. The largest absolute Gasteiger partial charge is 0.493 e. The first-order valence-electron chi connectivity index (χ1n) is 9.63. The Kier molecular flexibility index (Phi) is 4.16. The fraction of sp³-hybridized carbons (Fsp3) is 0.273. The Morgan fingerprint density at radius 2 is 2.10 bits per heavy atom. The summed E-state index contributed by atoms with van der Waals surface area (Å²) in [5, 5.41) is 7.93. The molecule has 0 saturated heterocycles.